The molecular formula is C16H17N3O4S. The van der Waals surface area contributed by atoms with E-state index in [-0.39, 0.29) is 11.3 Å². The van der Waals surface area contributed by atoms with E-state index in [1.807, 2.05) is 6.26 Å². The first-order valence-electron chi connectivity index (χ1n) is 7.21. The Hall–Kier alpha value is -2.61. The Labute approximate surface area is 142 Å². The molecule has 8 heteroatoms. The van der Waals surface area contributed by atoms with Gasteiger partial charge < -0.3 is 15.0 Å². The summed E-state index contributed by atoms with van der Waals surface area (Å²) in [6.45, 7) is 2.02. The van der Waals surface area contributed by atoms with E-state index in [2.05, 4.69) is 15.3 Å². The number of nitrogens with one attached hydrogen (secondary N) is 2. The van der Waals surface area contributed by atoms with Gasteiger partial charge in [0.15, 0.2) is 0 Å². The van der Waals surface area contributed by atoms with Gasteiger partial charge in [0, 0.05) is 11.8 Å². The van der Waals surface area contributed by atoms with Crippen LogP contribution in [0.2, 0.25) is 0 Å². The molecule has 1 aromatic heterocycles. The fourth-order valence-corrected chi connectivity index (χ4v) is 2.34. The number of anilines is 1. The number of hydrogen-bond donors (Lipinski definition) is 2. The highest BCUT2D eigenvalue weighted by molar-refractivity contribution is 7.97. The van der Waals surface area contributed by atoms with Crippen molar-refractivity contribution in [3.63, 3.8) is 0 Å². The summed E-state index contributed by atoms with van der Waals surface area (Å²) in [6.07, 6.45) is 1.87. The minimum atomic E-state index is -0.493. The molecule has 24 heavy (non-hydrogen) atoms. The van der Waals surface area contributed by atoms with Crippen LogP contribution in [-0.2, 0) is 10.5 Å². The number of thioether (sulfide) groups is 1. The summed E-state index contributed by atoms with van der Waals surface area (Å²) in [5.41, 5.74) is 0.544. The molecule has 0 spiro atoms. The SMILES string of the molecule is CCOC(=O)c1ccc(NC(=O)c2cc(=O)[nH]c(CSC)n2)cc1. The molecule has 1 aromatic carbocycles. The summed E-state index contributed by atoms with van der Waals surface area (Å²) in [7, 11) is 0. The Morgan fingerprint density at radius 3 is 2.62 bits per heavy atom. The zero-order valence-electron chi connectivity index (χ0n) is 13.3. The zero-order chi connectivity index (χ0) is 17.5. The maximum atomic E-state index is 12.2. The van der Waals surface area contributed by atoms with Gasteiger partial charge in [-0.15, -0.1) is 0 Å². The highest BCUT2D eigenvalue weighted by atomic mass is 32.2. The lowest BCUT2D eigenvalue weighted by molar-refractivity contribution is 0.0526. The van der Waals surface area contributed by atoms with E-state index < -0.39 is 11.9 Å². The number of aromatic nitrogens is 2. The molecule has 0 aliphatic rings. The molecule has 7 nitrogen and oxygen atoms in total. The van der Waals surface area contributed by atoms with Crippen LogP contribution >= 0.6 is 11.8 Å². The number of carbonyl (C=O) groups is 2. The monoisotopic (exact) mass is 347 g/mol. The molecule has 0 bridgehead atoms. The molecule has 0 saturated carbocycles. The van der Waals surface area contributed by atoms with Crippen molar-refractivity contribution in [1.82, 2.24) is 9.97 Å². The summed E-state index contributed by atoms with van der Waals surface area (Å²) in [5.74, 6) is 0.0309. The average molecular weight is 347 g/mol. The van der Waals surface area contributed by atoms with Crippen molar-refractivity contribution in [3.05, 3.63) is 57.8 Å². The summed E-state index contributed by atoms with van der Waals surface area (Å²) in [5, 5.41) is 2.64. The molecule has 2 aromatic rings. The van der Waals surface area contributed by atoms with E-state index in [0.29, 0.717) is 29.4 Å². The second-order valence-electron chi connectivity index (χ2n) is 4.76. The quantitative estimate of drug-likeness (QED) is 0.776. The van der Waals surface area contributed by atoms with Crippen molar-refractivity contribution in [3.8, 4) is 0 Å². The number of hydrogen-bond acceptors (Lipinski definition) is 6. The van der Waals surface area contributed by atoms with Crippen LogP contribution in [0.5, 0.6) is 0 Å². The Bertz CT molecular complexity index is 787. The van der Waals surface area contributed by atoms with Gasteiger partial charge in [0.05, 0.1) is 17.9 Å². The number of amides is 1. The van der Waals surface area contributed by atoms with Crippen molar-refractivity contribution in [1.29, 1.82) is 0 Å². The fourth-order valence-electron chi connectivity index (χ4n) is 1.93. The minimum absolute atomic E-state index is 0.0391. The first kappa shape index (κ1) is 17.7. The van der Waals surface area contributed by atoms with Crippen LogP contribution in [0.25, 0.3) is 0 Å². The Balaban J connectivity index is 2.12. The Morgan fingerprint density at radius 1 is 1.29 bits per heavy atom. The van der Waals surface area contributed by atoms with Gasteiger partial charge >= 0.3 is 5.97 Å². The normalized spacial score (nSPS) is 10.2. The van der Waals surface area contributed by atoms with Crippen LogP contribution in [-0.4, -0.2) is 34.7 Å². The van der Waals surface area contributed by atoms with E-state index in [0.717, 1.165) is 6.07 Å². The molecule has 1 heterocycles. The number of ether oxygens (including phenoxy) is 1. The van der Waals surface area contributed by atoms with E-state index in [1.165, 1.54) is 11.8 Å². The van der Waals surface area contributed by atoms with Crippen LogP contribution in [0.3, 0.4) is 0 Å². The number of benzene rings is 1. The molecule has 1 amide bonds. The molecular weight excluding hydrogens is 330 g/mol. The van der Waals surface area contributed by atoms with Crippen LogP contribution < -0.4 is 10.9 Å². The van der Waals surface area contributed by atoms with Crippen LogP contribution in [0.4, 0.5) is 5.69 Å². The molecule has 0 aliphatic carbocycles. The predicted octanol–water partition coefficient (Wildman–Crippen LogP) is 2.06. The number of H-pyrrole nitrogens is 1. The van der Waals surface area contributed by atoms with Gasteiger partial charge in [0.1, 0.15) is 11.5 Å². The molecule has 2 rings (SSSR count). The lowest BCUT2D eigenvalue weighted by atomic mass is 10.2. The first-order valence-corrected chi connectivity index (χ1v) is 8.60. The van der Waals surface area contributed by atoms with Gasteiger partial charge in [-0.05, 0) is 37.4 Å². The van der Waals surface area contributed by atoms with Crippen molar-refractivity contribution in [2.75, 3.05) is 18.2 Å². The smallest absolute Gasteiger partial charge is 0.338 e. The average Bonchev–Trinajstić information content (AvgIpc) is 2.55. The van der Waals surface area contributed by atoms with E-state index in [4.69, 9.17) is 4.74 Å². The van der Waals surface area contributed by atoms with Crippen molar-refractivity contribution in [2.24, 2.45) is 0 Å². The molecule has 2 N–H and O–H groups in total. The molecule has 0 saturated heterocycles. The predicted molar refractivity (Wildman–Crippen MR) is 92.4 cm³/mol. The molecule has 0 radical (unpaired) electrons. The number of rotatable bonds is 6. The highest BCUT2D eigenvalue weighted by Crippen LogP contribution is 2.12. The number of aromatic amines is 1. The Kier molecular flexibility index (Phi) is 6.14. The zero-order valence-corrected chi connectivity index (χ0v) is 14.1. The van der Waals surface area contributed by atoms with Crippen LogP contribution in [0.15, 0.2) is 35.1 Å². The lowest BCUT2D eigenvalue weighted by Crippen LogP contribution is -2.20. The fraction of sp³-hybridized carbons (Fsp3) is 0.250. The van der Waals surface area contributed by atoms with Gasteiger partial charge in [-0.25, -0.2) is 9.78 Å². The topological polar surface area (TPSA) is 101 Å². The molecule has 0 atom stereocenters. The first-order chi connectivity index (χ1) is 11.5. The van der Waals surface area contributed by atoms with Crippen LogP contribution in [0, 0.1) is 0 Å². The molecule has 0 aliphatic heterocycles. The number of carbonyl (C=O) groups excluding carboxylic acids is 2. The largest absolute Gasteiger partial charge is 0.462 e. The molecule has 126 valence electrons. The van der Waals surface area contributed by atoms with Gasteiger partial charge in [0.25, 0.3) is 11.5 Å². The van der Waals surface area contributed by atoms with Crippen molar-refractivity contribution in [2.45, 2.75) is 12.7 Å². The molecule has 0 fully saturated rings. The van der Waals surface area contributed by atoms with Gasteiger partial charge in [-0.1, -0.05) is 0 Å². The summed E-state index contributed by atoms with van der Waals surface area (Å²) < 4.78 is 4.89. The molecule has 0 unspecified atom stereocenters. The second-order valence-corrected chi connectivity index (χ2v) is 5.63. The summed E-state index contributed by atoms with van der Waals surface area (Å²) >= 11 is 1.49. The van der Waals surface area contributed by atoms with E-state index in [9.17, 15) is 14.4 Å². The third-order valence-electron chi connectivity index (χ3n) is 2.96. The van der Waals surface area contributed by atoms with E-state index >= 15 is 0 Å². The van der Waals surface area contributed by atoms with Gasteiger partial charge in [0.2, 0.25) is 0 Å². The maximum Gasteiger partial charge on any atom is 0.338 e. The van der Waals surface area contributed by atoms with E-state index in [1.54, 1.807) is 31.2 Å². The van der Waals surface area contributed by atoms with Gasteiger partial charge in [-0.2, -0.15) is 11.8 Å². The lowest BCUT2D eigenvalue weighted by Gasteiger charge is -2.07. The van der Waals surface area contributed by atoms with Crippen molar-refractivity contribution >= 4 is 29.3 Å². The van der Waals surface area contributed by atoms with Gasteiger partial charge in [-0.3, -0.25) is 9.59 Å². The second kappa shape index (κ2) is 8.30. The minimum Gasteiger partial charge on any atom is -0.462 e. The number of esters is 1. The highest BCUT2D eigenvalue weighted by Gasteiger charge is 2.11. The standard InChI is InChI=1S/C16H17N3O4S/c1-3-23-16(22)10-4-6-11(7-5-10)17-15(21)12-8-14(20)19-13(18-12)9-24-2/h4-8H,3,9H2,1-2H3,(H,17,21)(H,18,19,20). The third kappa shape index (κ3) is 4.69. The number of nitrogens with zero attached hydrogens (tertiary/aromatic N) is 1. The Morgan fingerprint density at radius 2 is 2.00 bits per heavy atom. The van der Waals surface area contributed by atoms with Crippen molar-refractivity contribution < 1.29 is 14.3 Å². The summed E-state index contributed by atoms with van der Waals surface area (Å²) in [4.78, 5) is 42.1. The van der Waals surface area contributed by atoms with Crippen LogP contribution in [0.1, 0.15) is 33.6 Å². The maximum absolute atomic E-state index is 12.2. The third-order valence-corrected chi connectivity index (χ3v) is 3.52. The summed E-state index contributed by atoms with van der Waals surface area (Å²) in [6, 6.07) is 7.42.